The zero-order valence-electron chi connectivity index (χ0n) is 15.3. The van der Waals surface area contributed by atoms with Crippen molar-refractivity contribution >= 4 is 23.3 Å². The molecule has 3 aromatic rings. The van der Waals surface area contributed by atoms with Crippen molar-refractivity contribution in [1.29, 1.82) is 0 Å². The Morgan fingerprint density at radius 1 is 1.19 bits per heavy atom. The van der Waals surface area contributed by atoms with Crippen molar-refractivity contribution < 1.29 is 9.21 Å². The van der Waals surface area contributed by atoms with Crippen molar-refractivity contribution in [1.82, 2.24) is 15.1 Å². The molecule has 0 bridgehead atoms. The molecule has 1 heterocycles. The predicted octanol–water partition coefficient (Wildman–Crippen LogP) is 5.14. The zero-order valence-corrected chi connectivity index (χ0v) is 16.0. The Balaban J connectivity index is 1.73. The minimum absolute atomic E-state index is 0.208. The molecule has 27 heavy (non-hydrogen) atoms. The number of hydrogen-bond acceptors (Lipinski definition) is 4. The third kappa shape index (κ3) is 4.86. The fourth-order valence-electron chi connectivity index (χ4n) is 2.67. The molecule has 0 saturated carbocycles. The van der Waals surface area contributed by atoms with Crippen LogP contribution in [0.3, 0.4) is 0 Å². The summed E-state index contributed by atoms with van der Waals surface area (Å²) in [5.74, 6) is 0.698. The molecule has 140 valence electrons. The molecule has 2 aromatic carbocycles. The predicted molar refractivity (Wildman–Crippen MR) is 106 cm³/mol. The number of nitrogens with one attached hydrogen (secondary N) is 1. The van der Waals surface area contributed by atoms with E-state index in [1.807, 2.05) is 56.3 Å². The number of carbonyl (C=O) groups is 1. The van der Waals surface area contributed by atoms with Gasteiger partial charge in [-0.25, -0.2) is 4.79 Å². The number of benzene rings is 2. The van der Waals surface area contributed by atoms with Gasteiger partial charge >= 0.3 is 6.03 Å². The monoisotopic (exact) mass is 384 g/mol. The molecule has 0 saturated heterocycles. The van der Waals surface area contributed by atoms with Gasteiger partial charge in [-0.05, 0) is 43.2 Å². The molecule has 0 radical (unpaired) electrons. The summed E-state index contributed by atoms with van der Waals surface area (Å²) in [4.78, 5) is 14.3. The van der Waals surface area contributed by atoms with Gasteiger partial charge in [0.05, 0.1) is 10.6 Å². The first kappa shape index (κ1) is 18.9. The van der Waals surface area contributed by atoms with Crippen LogP contribution >= 0.6 is 11.6 Å². The van der Waals surface area contributed by atoms with Gasteiger partial charge in [0, 0.05) is 12.2 Å². The van der Waals surface area contributed by atoms with Crippen LogP contribution in [0.4, 0.5) is 10.5 Å². The molecular formula is C20H21ClN4O2. The van der Waals surface area contributed by atoms with E-state index in [2.05, 4.69) is 15.5 Å². The molecular weight excluding hydrogens is 364 g/mol. The number of carbonyl (C=O) groups excluding carboxylic acids is 1. The van der Waals surface area contributed by atoms with E-state index < -0.39 is 0 Å². The first-order valence-corrected chi connectivity index (χ1v) is 9.14. The summed E-state index contributed by atoms with van der Waals surface area (Å²) in [5.41, 5.74) is 2.50. The maximum atomic E-state index is 12.7. The van der Waals surface area contributed by atoms with Gasteiger partial charge in [0.2, 0.25) is 11.8 Å². The third-order valence-electron chi connectivity index (χ3n) is 3.95. The van der Waals surface area contributed by atoms with Crippen molar-refractivity contribution in [3.05, 3.63) is 65.0 Å². The average Bonchev–Trinajstić information content (AvgIpc) is 3.10. The molecule has 2 amide bonds. The topological polar surface area (TPSA) is 71.3 Å². The maximum Gasteiger partial charge on any atom is 0.322 e. The number of amides is 2. The van der Waals surface area contributed by atoms with Gasteiger partial charge in [0.1, 0.15) is 6.54 Å². The number of urea groups is 1. The van der Waals surface area contributed by atoms with Crippen LogP contribution < -0.4 is 5.32 Å². The number of nitrogens with zero attached hydrogens (tertiary/aromatic N) is 3. The number of hydrogen-bond donors (Lipinski definition) is 1. The van der Waals surface area contributed by atoms with Gasteiger partial charge in [0.15, 0.2) is 0 Å². The Morgan fingerprint density at radius 3 is 2.74 bits per heavy atom. The summed E-state index contributed by atoms with van der Waals surface area (Å²) in [7, 11) is 0. The molecule has 0 spiro atoms. The van der Waals surface area contributed by atoms with Crippen molar-refractivity contribution in [2.75, 3.05) is 11.9 Å². The normalized spacial score (nSPS) is 10.6. The summed E-state index contributed by atoms with van der Waals surface area (Å²) in [5, 5.41) is 11.6. The Hall–Kier alpha value is -2.86. The van der Waals surface area contributed by atoms with E-state index in [1.54, 1.807) is 11.0 Å². The lowest BCUT2D eigenvalue weighted by Gasteiger charge is -2.21. The fraction of sp³-hybridized carbons (Fsp3) is 0.250. The van der Waals surface area contributed by atoms with E-state index in [1.165, 1.54) is 0 Å². The maximum absolute atomic E-state index is 12.7. The van der Waals surface area contributed by atoms with Gasteiger partial charge in [0.25, 0.3) is 0 Å². The van der Waals surface area contributed by atoms with Crippen molar-refractivity contribution in [2.24, 2.45) is 0 Å². The number of anilines is 1. The molecule has 0 unspecified atom stereocenters. The van der Waals surface area contributed by atoms with Crippen molar-refractivity contribution in [2.45, 2.75) is 26.8 Å². The number of rotatable bonds is 6. The van der Waals surface area contributed by atoms with Crippen LogP contribution in [-0.2, 0) is 6.54 Å². The number of aryl methyl sites for hydroxylation is 1. The van der Waals surface area contributed by atoms with Crippen LogP contribution in [-0.4, -0.2) is 27.7 Å². The van der Waals surface area contributed by atoms with E-state index in [-0.39, 0.29) is 12.6 Å². The van der Waals surface area contributed by atoms with Gasteiger partial charge in [-0.3, -0.25) is 0 Å². The van der Waals surface area contributed by atoms with E-state index in [0.717, 1.165) is 17.7 Å². The Labute approximate surface area is 163 Å². The summed E-state index contributed by atoms with van der Waals surface area (Å²) in [6.07, 6.45) is 0.812. The quantitative estimate of drug-likeness (QED) is 0.638. The largest absolute Gasteiger partial charge is 0.419 e. The first-order chi connectivity index (χ1) is 13.1. The zero-order chi connectivity index (χ0) is 19.2. The average molecular weight is 385 g/mol. The van der Waals surface area contributed by atoms with Gasteiger partial charge in [-0.1, -0.05) is 42.8 Å². The SMILES string of the molecule is CCCN(Cc1nnc(-c2ccccc2Cl)o1)C(=O)Nc1cccc(C)c1. The third-order valence-corrected chi connectivity index (χ3v) is 4.28. The Morgan fingerprint density at radius 2 is 2.00 bits per heavy atom. The van der Waals surface area contributed by atoms with Crippen molar-refractivity contribution in [3.63, 3.8) is 0 Å². The minimum Gasteiger partial charge on any atom is -0.419 e. The molecule has 1 aromatic heterocycles. The second-order valence-corrected chi connectivity index (χ2v) is 6.61. The highest BCUT2D eigenvalue weighted by Crippen LogP contribution is 2.26. The lowest BCUT2D eigenvalue weighted by Crippen LogP contribution is -2.35. The standard InChI is InChI=1S/C20H21ClN4O2/c1-3-11-25(20(26)22-15-8-6-7-14(2)12-15)13-18-23-24-19(27-18)16-9-4-5-10-17(16)21/h4-10,12H,3,11,13H2,1-2H3,(H,22,26). The minimum atomic E-state index is -0.208. The summed E-state index contributed by atoms with van der Waals surface area (Å²) in [6, 6.07) is 14.7. The van der Waals surface area contributed by atoms with Crippen LogP contribution in [0.1, 0.15) is 24.8 Å². The molecule has 6 nitrogen and oxygen atoms in total. The second-order valence-electron chi connectivity index (χ2n) is 6.20. The van der Waals surface area contributed by atoms with E-state index >= 15 is 0 Å². The summed E-state index contributed by atoms with van der Waals surface area (Å²) >= 11 is 6.17. The fourth-order valence-corrected chi connectivity index (χ4v) is 2.89. The van der Waals surface area contributed by atoms with Crippen LogP contribution in [0.25, 0.3) is 11.5 Å². The molecule has 3 rings (SSSR count). The molecule has 0 atom stereocenters. The highest BCUT2D eigenvalue weighted by molar-refractivity contribution is 6.33. The van der Waals surface area contributed by atoms with Crippen LogP contribution in [0.5, 0.6) is 0 Å². The lowest BCUT2D eigenvalue weighted by atomic mass is 10.2. The van der Waals surface area contributed by atoms with Crippen LogP contribution in [0, 0.1) is 6.92 Å². The van der Waals surface area contributed by atoms with E-state index in [9.17, 15) is 4.79 Å². The number of aromatic nitrogens is 2. The second kappa shape index (κ2) is 8.68. The Bertz CT molecular complexity index is 926. The molecule has 0 aliphatic rings. The van der Waals surface area contributed by atoms with E-state index in [0.29, 0.717) is 28.9 Å². The van der Waals surface area contributed by atoms with Crippen LogP contribution in [0.15, 0.2) is 52.9 Å². The highest BCUT2D eigenvalue weighted by Gasteiger charge is 2.18. The highest BCUT2D eigenvalue weighted by atomic mass is 35.5. The number of halogens is 1. The van der Waals surface area contributed by atoms with Crippen LogP contribution in [0.2, 0.25) is 5.02 Å². The molecule has 0 aliphatic heterocycles. The first-order valence-electron chi connectivity index (χ1n) is 8.76. The molecule has 1 N–H and O–H groups in total. The summed E-state index contributed by atoms with van der Waals surface area (Å²) < 4.78 is 5.72. The van der Waals surface area contributed by atoms with Gasteiger partial charge < -0.3 is 14.6 Å². The van der Waals surface area contributed by atoms with Gasteiger partial charge in [-0.15, -0.1) is 10.2 Å². The van der Waals surface area contributed by atoms with E-state index in [4.69, 9.17) is 16.0 Å². The smallest absolute Gasteiger partial charge is 0.322 e. The molecule has 0 fully saturated rings. The van der Waals surface area contributed by atoms with Crippen molar-refractivity contribution in [3.8, 4) is 11.5 Å². The molecule has 7 heteroatoms. The molecule has 0 aliphatic carbocycles. The lowest BCUT2D eigenvalue weighted by molar-refractivity contribution is 0.203. The van der Waals surface area contributed by atoms with Gasteiger partial charge in [-0.2, -0.15) is 0 Å². The Kier molecular flexibility index (Phi) is 6.08. The summed E-state index contributed by atoms with van der Waals surface area (Å²) in [6.45, 7) is 4.79.